The van der Waals surface area contributed by atoms with E-state index in [9.17, 15) is 4.79 Å². The third-order valence-corrected chi connectivity index (χ3v) is 7.51. The van der Waals surface area contributed by atoms with Crippen LogP contribution in [0.5, 0.6) is 5.75 Å². The Morgan fingerprint density at radius 3 is 1.90 bits per heavy atom. The topological polar surface area (TPSA) is 182 Å². The van der Waals surface area contributed by atoms with Crippen LogP contribution >= 0.6 is 0 Å². The molecule has 12 nitrogen and oxygen atoms in total. The van der Waals surface area contributed by atoms with Crippen LogP contribution in [0.1, 0.15) is 48.0 Å². The minimum atomic E-state index is -1.82. The predicted octanol–water partition coefficient (Wildman–Crippen LogP) is 3.09. The van der Waals surface area contributed by atoms with Crippen LogP contribution in [0, 0.1) is 11.8 Å². The van der Waals surface area contributed by atoms with Gasteiger partial charge in [0.25, 0.3) is 5.91 Å². The van der Waals surface area contributed by atoms with Crippen molar-refractivity contribution >= 4 is 35.5 Å². The van der Waals surface area contributed by atoms with E-state index in [4.69, 9.17) is 44.3 Å². The van der Waals surface area contributed by atoms with E-state index in [1.165, 1.54) is 37.9 Å². The van der Waals surface area contributed by atoms with Crippen molar-refractivity contribution in [1.29, 1.82) is 0 Å². The number of carboxylic acids is 4. The van der Waals surface area contributed by atoms with E-state index in [2.05, 4.69) is 17.0 Å². The monoisotopic (exact) mass is 584 g/mol. The summed E-state index contributed by atoms with van der Waals surface area (Å²) in [5.74, 6) is -4.45. The Kier molecular flexibility index (Phi) is 11.9. The molecule has 1 amide bonds. The number of carbonyl (C=O) groups excluding carboxylic acids is 1. The smallest absolute Gasteiger partial charge is 0.414 e. The standard InChI is InChI=1S/C26H32N2O2.2C2H2O4/c29-26(28-16-4-9-20-6-1-2-10-25(20)28)21-11-13-24(14-12-21)30-17-5-15-27-18-22-7-3-8-23(22)19-27;2*3-1(4)2(5)6/h1-2,6,10-14,22-23H,3-5,7-9,15-19H2;2*(H,3,4)(H,5,6). The molecule has 1 saturated carbocycles. The average molecular weight is 585 g/mol. The minimum absolute atomic E-state index is 0.0771. The number of para-hydroxylation sites is 1. The van der Waals surface area contributed by atoms with Gasteiger partial charge in [-0.3, -0.25) is 4.79 Å². The maximum absolute atomic E-state index is 13.0. The maximum Gasteiger partial charge on any atom is 0.414 e. The van der Waals surface area contributed by atoms with E-state index in [1.54, 1.807) is 0 Å². The molecule has 0 aromatic heterocycles. The number of carbonyl (C=O) groups is 5. The lowest BCUT2D eigenvalue weighted by molar-refractivity contribution is -0.159. The van der Waals surface area contributed by atoms with Gasteiger partial charge in [-0.25, -0.2) is 19.2 Å². The SMILES string of the molecule is O=C(O)C(=O)O.O=C(O)C(=O)O.O=C(c1ccc(OCCCN2CC3CCCC3C2)cc1)N1CCCc2ccccc21. The van der Waals surface area contributed by atoms with E-state index in [0.29, 0.717) is 0 Å². The Morgan fingerprint density at radius 1 is 0.762 bits per heavy atom. The van der Waals surface area contributed by atoms with Gasteiger partial charge in [-0.1, -0.05) is 24.6 Å². The Balaban J connectivity index is 0.000000342. The van der Waals surface area contributed by atoms with Gasteiger partial charge < -0.3 is 35.0 Å². The quantitative estimate of drug-likeness (QED) is 0.289. The summed E-state index contributed by atoms with van der Waals surface area (Å²) in [4.78, 5) is 54.0. The van der Waals surface area contributed by atoms with Crippen molar-refractivity contribution < 1.29 is 49.1 Å². The first-order valence-electron chi connectivity index (χ1n) is 13.8. The third-order valence-electron chi connectivity index (χ3n) is 7.51. The molecule has 4 N–H and O–H groups in total. The highest BCUT2D eigenvalue weighted by molar-refractivity contribution is 6.27. The number of amides is 1. The number of benzene rings is 2. The molecule has 2 unspecified atom stereocenters. The van der Waals surface area contributed by atoms with Gasteiger partial charge in [-0.15, -0.1) is 0 Å². The average Bonchev–Trinajstić information content (AvgIpc) is 3.58. The zero-order valence-electron chi connectivity index (χ0n) is 23.2. The second kappa shape index (κ2) is 15.5. The summed E-state index contributed by atoms with van der Waals surface area (Å²) in [7, 11) is 0. The lowest BCUT2D eigenvalue weighted by atomic mass is 10.0. The number of aryl methyl sites for hydroxylation is 1. The Bertz CT molecular complexity index is 1200. The summed E-state index contributed by atoms with van der Waals surface area (Å²) >= 11 is 0. The zero-order chi connectivity index (χ0) is 30.6. The predicted molar refractivity (Wildman–Crippen MR) is 151 cm³/mol. The summed E-state index contributed by atoms with van der Waals surface area (Å²) < 4.78 is 5.94. The molecule has 2 aromatic carbocycles. The van der Waals surface area contributed by atoms with Crippen LogP contribution < -0.4 is 9.64 Å². The fourth-order valence-corrected chi connectivity index (χ4v) is 5.59. The molecule has 5 rings (SSSR count). The van der Waals surface area contributed by atoms with E-state index in [0.717, 1.165) is 67.8 Å². The highest BCUT2D eigenvalue weighted by Gasteiger charge is 2.35. The summed E-state index contributed by atoms with van der Waals surface area (Å²) in [5.41, 5.74) is 3.04. The lowest BCUT2D eigenvalue weighted by Gasteiger charge is -2.29. The molecule has 3 aliphatic rings. The summed E-state index contributed by atoms with van der Waals surface area (Å²) in [5, 5.41) is 29.6. The number of hydrogen-bond donors (Lipinski definition) is 4. The second-order valence-corrected chi connectivity index (χ2v) is 10.3. The fraction of sp³-hybridized carbons (Fsp3) is 0.433. The van der Waals surface area contributed by atoms with Gasteiger partial charge in [0.2, 0.25) is 0 Å². The summed E-state index contributed by atoms with van der Waals surface area (Å²) in [6, 6.07) is 15.9. The number of nitrogens with zero attached hydrogens (tertiary/aromatic N) is 2. The molecule has 2 fully saturated rings. The van der Waals surface area contributed by atoms with Crippen molar-refractivity contribution in [2.75, 3.05) is 37.7 Å². The van der Waals surface area contributed by atoms with Gasteiger partial charge in [-0.2, -0.15) is 0 Å². The van der Waals surface area contributed by atoms with Gasteiger partial charge in [-0.05, 0) is 79.8 Å². The van der Waals surface area contributed by atoms with Gasteiger partial charge in [0.1, 0.15) is 5.75 Å². The van der Waals surface area contributed by atoms with Crippen molar-refractivity contribution in [2.24, 2.45) is 11.8 Å². The molecule has 1 saturated heterocycles. The second-order valence-electron chi connectivity index (χ2n) is 10.3. The van der Waals surface area contributed by atoms with Crippen LogP contribution in [0.15, 0.2) is 48.5 Å². The van der Waals surface area contributed by atoms with Gasteiger partial charge in [0, 0.05) is 37.4 Å². The first-order chi connectivity index (χ1) is 20.1. The Labute approximate surface area is 243 Å². The molecule has 0 radical (unpaired) electrons. The van der Waals surface area contributed by atoms with Crippen molar-refractivity contribution in [3.8, 4) is 5.75 Å². The van der Waals surface area contributed by atoms with E-state index < -0.39 is 23.9 Å². The van der Waals surface area contributed by atoms with Crippen LogP contribution in [0.25, 0.3) is 0 Å². The van der Waals surface area contributed by atoms with E-state index in [1.807, 2.05) is 41.3 Å². The molecular weight excluding hydrogens is 548 g/mol. The Hall–Kier alpha value is -4.45. The number of anilines is 1. The highest BCUT2D eigenvalue weighted by atomic mass is 16.5. The van der Waals surface area contributed by atoms with Crippen LogP contribution in [0.3, 0.4) is 0 Å². The summed E-state index contributed by atoms with van der Waals surface area (Å²) in [6.07, 6.45) is 7.44. The molecular formula is C30H36N2O10. The lowest BCUT2D eigenvalue weighted by Crippen LogP contribution is -2.35. The van der Waals surface area contributed by atoms with Crippen molar-refractivity contribution in [2.45, 2.75) is 38.5 Å². The third kappa shape index (κ3) is 9.30. The molecule has 2 atom stereocenters. The molecule has 0 spiro atoms. The molecule has 2 heterocycles. The van der Waals surface area contributed by atoms with Crippen molar-refractivity contribution in [3.05, 3.63) is 59.7 Å². The van der Waals surface area contributed by atoms with Crippen molar-refractivity contribution in [1.82, 2.24) is 4.90 Å². The number of hydrogen-bond acceptors (Lipinski definition) is 7. The van der Waals surface area contributed by atoms with Crippen molar-refractivity contribution in [3.63, 3.8) is 0 Å². The number of fused-ring (bicyclic) bond motifs is 2. The Morgan fingerprint density at radius 2 is 1.33 bits per heavy atom. The number of ether oxygens (including phenoxy) is 1. The van der Waals surface area contributed by atoms with E-state index >= 15 is 0 Å². The normalized spacial score (nSPS) is 18.7. The van der Waals surface area contributed by atoms with Crippen LogP contribution in [-0.2, 0) is 25.6 Å². The van der Waals surface area contributed by atoms with Gasteiger partial charge in [0.15, 0.2) is 0 Å². The fourth-order valence-electron chi connectivity index (χ4n) is 5.59. The molecule has 12 heteroatoms. The van der Waals surface area contributed by atoms with Crippen LogP contribution in [0.4, 0.5) is 5.69 Å². The first-order valence-corrected chi connectivity index (χ1v) is 13.8. The molecule has 42 heavy (non-hydrogen) atoms. The number of carboxylic acid groups (broad SMARTS) is 4. The minimum Gasteiger partial charge on any atom is -0.494 e. The van der Waals surface area contributed by atoms with Crippen LogP contribution in [-0.4, -0.2) is 87.9 Å². The molecule has 226 valence electrons. The molecule has 2 aliphatic heterocycles. The number of rotatable bonds is 6. The zero-order valence-corrected chi connectivity index (χ0v) is 23.2. The number of aliphatic carboxylic acids is 4. The molecule has 1 aliphatic carbocycles. The first kappa shape index (κ1) is 32.1. The molecule has 0 bridgehead atoms. The van der Waals surface area contributed by atoms with Gasteiger partial charge >= 0.3 is 23.9 Å². The summed E-state index contributed by atoms with van der Waals surface area (Å²) in [6.45, 7) is 5.24. The maximum atomic E-state index is 13.0. The van der Waals surface area contributed by atoms with E-state index in [-0.39, 0.29) is 5.91 Å². The molecule has 2 aromatic rings. The highest BCUT2D eigenvalue weighted by Crippen LogP contribution is 2.37. The van der Waals surface area contributed by atoms with Gasteiger partial charge in [0.05, 0.1) is 6.61 Å². The largest absolute Gasteiger partial charge is 0.494 e. The van der Waals surface area contributed by atoms with Crippen LogP contribution in [0.2, 0.25) is 0 Å². The number of likely N-dealkylation sites (tertiary alicyclic amines) is 1.